The van der Waals surface area contributed by atoms with Crippen molar-refractivity contribution in [3.8, 4) is 23.0 Å². The fraction of sp³-hybridized carbons (Fsp3) is 0. The normalized spacial score (nSPS) is 10.6. The van der Waals surface area contributed by atoms with Crippen LogP contribution in [0.25, 0.3) is 27.7 Å². The van der Waals surface area contributed by atoms with E-state index in [1.54, 1.807) is 0 Å². The molecule has 0 spiro atoms. The summed E-state index contributed by atoms with van der Waals surface area (Å²) in [5, 5.41) is 16.0. The van der Waals surface area contributed by atoms with E-state index in [9.17, 15) is 5.26 Å². The second kappa shape index (κ2) is 5.43. The van der Waals surface area contributed by atoms with Crippen molar-refractivity contribution < 1.29 is 0 Å². The topological polar surface area (TPSA) is 41.6 Å². The van der Waals surface area contributed by atoms with Gasteiger partial charge in [0, 0.05) is 11.6 Å². The van der Waals surface area contributed by atoms with Gasteiger partial charge < -0.3 is 0 Å². The van der Waals surface area contributed by atoms with Crippen molar-refractivity contribution in [2.24, 2.45) is 0 Å². The molecule has 0 unspecified atom stereocenters. The number of fused-ring (bicyclic) bond motifs is 1. The molecule has 0 atom stereocenters. The summed E-state index contributed by atoms with van der Waals surface area (Å²) >= 11 is 0. The van der Waals surface area contributed by atoms with Crippen LogP contribution in [0.15, 0.2) is 78.9 Å². The average Bonchev–Trinajstić information content (AvgIpc) is 3.06. The Balaban J connectivity index is 1.93. The van der Waals surface area contributed by atoms with Gasteiger partial charge in [-0.2, -0.15) is 10.4 Å². The van der Waals surface area contributed by atoms with Crippen LogP contribution in [0.5, 0.6) is 0 Å². The molecule has 0 aliphatic rings. The van der Waals surface area contributed by atoms with Gasteiger partial charge in [0.15, 0.2) is 5.69 Å². The molecule has 0 radical (unpaired) electrons. The van der Waals surface area contributed by atoms with Crippen molar-refractivity contribution >= 4 is 10.8 Å². The zero-order valence-corrected chi connectivity index (χ0v) is 12.3. The second-order valence-corrected chi connectivity index (χ2v) is 5.34. The maximum atomic E-state index is 9.22. The zero-order chi connectivity index (χ0) is 15.6. The van der Waals surface area contributed by atoms with Crippen LogP contribution < -0.4 is 0 Å². The summed E-state index contributed by atoms with van der Waals surface area (Å²) in [5.41, 5.74) is 3.31. The Labute approximate surface area is 134 Å². The smallest absolute Gasteiger partial charge is 0.163 e. The zero-order valence-electron chi connectivity index (χ0n) is 12.3. The molecule has 0 saturated carbocycles. The highest BCUT2D eigenvalue weighted by Crippen LogP contribution is 2.27. The Morgan fingerprint density at radius 2 is 1.52 bits per heavy atom. The standard InChI is InChI=1S/C20H13N3/c21-14-18-13-20(23(22-18)19-8-2-1-3-9-19)17-11-10-15-6-4-5-7-16(15)12-17/h1-13H. The van der Waals surface area contributed by atoms with Crippen molar-refractivity contribution in [2.75, 3.05) is 0 Å². The molecule has 108 valence electrons. The number of para-hydroxylation sites is 1. The van der Waals surface area contributed by atoms with Crippen LogP contribution in [0.4, 0.5) is 0 Å². The van der Waals surface area contributed by atoms with Gasteiger partial charge in [0.1, 0.15) is 6.07 Å². The largest absolute Gasteiger partial charge is 0.232 e. The third-order valence-electron chi connectivity index (χ3n) is 3.87. The summed E-state index contributed by atoms with van der Waals surface area (Å²) in [6.45, 7) is 0. The first kappa shape index (κ1) is 13.3. The van der Waals surface area contributed by atoms with Gasteiger partial charge in [0.2, 0.25) is 0 Å². The van der Waals surface area contributed by atoms with Gasteiger partial charge in [-0.15, -0.1) is 0 Å². The predicted molar refractivity (Wildman–Crippen MR) is 91.2 cm³/mol. The van der Waals surface area contributed by atoms with Crippen molar-refractivity contribution in [3.05, 3.63) is 84.6 Å². The second-order valence-electron chi connectivity index (χ2n) is 5.34. The molecule has 0 N–H and O–H groups in total. The van der Waals surface area contributed by atoms with Crippen LogP contribution in [0.3, 0.4) is 0 Å². The summed E-state index contributed by atoms with van der Waals surface area (Å²) in [4.78, 5) is 0. The SMILES string of the molecule is N#Cc1cc(-c2ccc3ccccc3c2)n(-c2ccccc2)n1. The van der Waals surface area contributed by atoms with E-state index in [-0.39, 0.29) is 0 Å². The van der Waals surface area contributed by atoms with Crippen molar-refractivity contribution in [1.82, 2.24) is 9.78 Å². The molecule has 0 aliphatic heterocycles. The molecule has 1 aromatic heterocycles. The maximum absolute atomic E-state index is 9.22. The monoisotopic (exact) mass is 295 g/mol. The Morgan fingerprint density at radius 1 is 0.783 bits per heavy atom. The van der Waals surface area contributed by atoms with Crippen molar-refractivity contribution in [3.63, 3.8) is 0 Å². The van der Waals surface area contributed by atoms with Gasteiger partial charge in [-0.25, -0.2) is 4.68 Å². The highest BCUT2D eigenvalue weighted by Gasteiger charge is 2.11. The third-order valence-corrected chi connectivity index (χ3v) is 3.87. The molecule has 0 saturated heterocycles. The lowest BCUT2D eigenvalue weighted by Crippen LogP contribution is -1.98. The molecule has 0 amide bonds. The molecule has 0 bridgehead atoms. The van der Waals surface area contributed by atoms with Crippen molar-refractivity contribution in [2.45, 2.75) is 0 Å². The van der Waals surface area contributed by atoms with E-state index in [4.69, 9.17) is 0 Å². The lowest BCUT2D eigenvalue weighted by Gasteiger charge is -2.08. The highest BCUT2D eigenvalue weighted by molar-refractivity contribution is 5.87. The quantitative estimate of drug-likeness (QED) is 0.544. The number of aromatic nitrogens is 2. The Bertz CT molecular complexity index is 1020. The number of hydrogen-bond donors (Lipinski definition) is 0. The minimum absolute atomic E-state index is 0.414. The average molecular weight is 295 g/mol. The molecule has 23 heavy (non-hydrogen) atoms. The number of nitriles is 1. The molecule has 3 aromatic carbocycles. The minimum Gasteiger partial charge on any atom is -0.232 e. The molecule has 0 fully saturated rings. The van der Waals surface area contributed by atoms with E-state index in [1.807, 2.05) is 53.2 Å². The Morgan fingerprint density at radius 3 is 2.30 bits per heavy atom. The first-order chi connectivity index (χ1) is 11.3. The number of nitrogens with zero attached hydrogens (tertiary/aromatic N) is 3. The summed E-state index contributed by atoms with van der Waals surface area (Å²) in [6.07, 6.45) is 0. The summed E-state index contributed by atoms with van der Waals surface area (Å²) in [7, 11) is 0. The van der Waals surface area contributed by atoms with Crippen LogP contribution >= 0.6 is 0 Å². The first-order valence-electron chi connectivity index (χ1n) is 7.40. The maximum Gasteiger partial charge on any atom is 0.163 e. The molecule has 1 heterocycles. The van der Waals surface area contributed by atoms with E-state index >= 15 is 0 Å². The van der Waals surface area contributed by atoms with Crippen LogP contribution in [-0.4, -0.2) is 9.78 Å². The molecular weight excluding hydrogens is 282 g/mol. The van der Waals surface area contributed by atoms with Crippen molar-refractivity contribution in [1.29, 1.82) is 5.26 Å². The van der Waals surface area contributed by atoms with Crippen LogP contribution in [0, 0.1) is 11.3 Å². The predicted octanol–water partition coefficient (Wildman–Crippen LogP) is 4.56. The third kappa shape index (κ3) is 2.37. The Kier molecular flexibility index (Phi) is 3.14. The van der Waals surface area contributed by atoms with Crippen LogP contribution in [-0.2, 0) is 0 Å². The Hall–Kier alpha value is -3.38. The van der Waals surface area contributed by atoms with E-state index in [2.05, 4.69) is 41.5 Å². The lowest BCUT2D eigenvalue weighted by molar-refractivity contribution is 0.880. The number of benzene rings is 3. The lowest BCUT2D eigenvalue weighted by atomic mass is 10.0. The van der Waals surface area contributed by atoms with E-state index in [0.717, 1.165) is 16.9 Å². The van der Waals surface area contributed by atoms with E-state index < -0.39 is 0 Å². The summed E-state index contributed by atoms with van der Waals surface area (Å²) < 4.78 is 1.82. The van der Waals surface area contributed by atoms with Crippen LogP contribution in [0.2, 0.25) is 0 Å². The fourth-order valence-corrected chi connectivity index (χ4v) is 2.76. The molecule has 3 heteroatoms. The van der Waals surface area contributed by atoms with Gasteiger partial charge in [-0.05, 0) is 29.0 Å². The van der Waals surface area contributed by atoms with Crippen LogP contribution in [0.1, 0.15) is 5.69 Å². The fourth-order valence-electron chi connectivity index (χ4n) is 2.76. The molecule has 4 rings (SSSR count). The van der Waals surface area contributed by atoms with Gasteiger partial charge >= 0.3 is 0 Å². The molecule has 3 nitrogen and oxygen atoms in total. The van der Waals surface area contributed by atoms with E-state index in [0.29, 0.717) is 5.69 Å². The summed E-state index contributed by atoms with van der Waals surface area (Å²) in [5.74, 6) is 0. The van der Waals surface area contributed by atoms with Gasteiger partial charge in [-0.3, -0.25) is 0 Å². The molecule has 0 aliphatic carbocycles. The van der Waals surface area contributed by atoms with Gasteiger partial charge in [0.25, 0.3) is 0 Å². The highest BCUT2D eigenvalue weighted by atomic mass is 15.3. The summed E-state index contributed by atoms with van der Waals surface area (Å²) in [6, 6.07) is 28.4. The number of rotatable bonds is 2. The number of hydrogen-bond acceptors (Lipinski definition) is 2. The van der Waals surface area contributed by atoms with Gasteiger partial charge in [-0.1, -0.05) is 54.6 Å². The van der Waals surface area contributed by atoms with Gasteiger partial charge in [0.05, 0.1) is 11.4 Å². The molecular formula is C20H13N3. The first-order valence-corrected chi connectivity index (χ1v) is 7.40. The van der Waals surface area contributed by atoms with E-state index in [1.165, 1.54) is 10.8 Å². The molecule has 4 aromatic rings. The minimum atomic E-state index is 0.414.